The minimum atomic E-state index is -0.333. The summed E-state index contributed by atoms with van der Waals surface area (Å²) in [4.78, 5) is 46.1. The zero-order valence-electron chi connectivity index (χ0n) is 18.3. The Hall–Kier alpha value is -4.46. The quantitative estimate of drug-likeness (QED) is 0.417. The number of amides is 3. The molecule has 170 valence electrons. The van der Waals surface area contributed by atoms with Gasteiger partial charge in [0.15, 0.2) is 0 Å². The Balaban J connectivity index is 1.07. The fourth-order valence-electron chi connectivity index (χ4n) is 3.92. The number of pyridine rings is 1. The molecule has 1 aliphatic heterocycles. The Bertz CT molecular complexity index is 1310. The van der Waals surface area contributed by atoms with E-state index in [1.54, 1.807) is 23.2 Å². The number of carbonyl (C=O) groups is 3. The van der Waals surface area contributed by atoms with Gasteiger partial charge in [0, 0.05) is 35.8 Å². The monoisotopic (exact) mass is 453 g/mol. The number of para-hydroxylation sites is 1. The van der Waals surface area contributed by atoms with Gasteiger partial charge in [-0.3, -0.25) is 19.4 Å². The van der Waals surface area contributed by atoms with Crippen LogP contribution in [0.2, 0.25) is 0 Å². The molecule has 0 saturated carbocycles. The number of hydrogen-bond acceptors (Lipinski definition) is 4. The first-order valence-corrected chi connectivity index (χ1v) is 11.0. The molecule has 5 rings (SSSR count). The largest absolute Gasteiger partial charge is 0.351 e. The second kappa shape index (κ2) is 9.19. The molecule has 2 aromatic carbocycles. The Morgan fingerprint density at radius 1 is 0.912 bits per heavy atom. The van der Waals surface area contributed by atoms with Crippen molar-refractivity contribution >= 4 is 28.6 Å². The van der Waals surface area contributed by atoms with Gasteiger partial charge in [0.25, 0.3) is 11.8 Å². The number of hydrogen-bond donors (Lipinski definition) is 3. The molecular formula is C26H23N5O3. The number of aromatic amines is 1. The van der Waals surface area contributed by atoms with Crippen LogP contribution in [0.1, 0.15) is 21.0 Å². The molecule has 2 aromatic heterocycles. The summed E-state index contributed by atoms with van der Waals surface area (Å²) in [6.07, 6.45) is 1.68. The maximum absolute atomic E-state index is 12.5. The maximum Gasteiger partial charge on any atom is 0.270 e. The molecule has 0 atom stereocenters. The summed E-state index contributed by atoms with van der Waals surface area (Å²) in [5.41, 5.74) is 3.58. The SMILES string of the molecule is O=C(NC1CN(C(=O)CNC(=O)c2cc3ccccc3[nH]2)C1)c1ccc(-c2ccccc2)cn1. The van der Waals surface area contributed by atoms with Crippen LogP contribution in [0, 0.1) is 0 Å². The summed E-state index contributed by atoms with van der Waals surface area (Å²) in [5.74, 6) is -0.802. The molecule has 8 nitrogen and oxygen atoms in total. The first-order chi connectivity index (χ1) is 16.6. The zero-order chi connectivity index (χ0) is 23.5. The molecule has 0 unspecified atom stereocenters. The minimum absolute atomic E-state index is 0.0998. The molecular weight excluding hydrogens is 430 g/mol. The van der Waals surface area contributed by atoms with E-state index in [1.807, 2.05) is 60.7 Å². The normalized spacial score (nSPS) is 13.4. The minimum Gasteiger partial charge on any atom is -0.351 e. The molecule has 0 spiro atoms. The van der Waals surface area contributed by atoms with Crippen LogP contribution in [-0.2, 0) is 4.79 Å². The first-order valence-electron chi connectivity index (χ1n) is 11.0. The van der Waals surface area contributed by atoms with Crippen molar-refractivity contribution in [2.24, 2.45) is 0 Å². The van der Waals surface area contributed by atoms with E-state index in [1.165, 1.54) is 0 Å². The van der Waals surface area contributed by atoms with Gasteiger partial charge in [0.05, 0.1) is 12.6 Å². The van der Waals surface area contributed by atoms with Crippen LogP contribution in [0.5, 0.6) is 0 Å². The number of nitrogens with zero attached hydrogens (tertiary/aromatic N) is 2. The molecule has 4 aromatic rings. The number of nitrogens with one attached hydrogen (secondary N) is 3. The lowest BCUT2D eigenvalue weighted by Gasteiger charge is -2.39. The molecule has 1 saturated heterocycles. The highest BCUT2D eigenvalue weighted by Gasteiger charge is 2.32. The molecule has 1 aliphatic rings. The third kappa shape index (κ3) is 4.52. The molecule has 34 heavy (non-hydrogen) atoms. The lowest BCUT2D eigenvalue weighted by Crippen LogP contribution is -2.62. The predicted molar refractivity (Wildman–Crippen MR) is 128 cm³/mol. The van der Waals surface area contributed by atoms with Crippen molar-refractivity contribution in [2.75, 3.05) is 19.6 Å². The van der Waals surface area contributed by atoms with E-state index < -0.39 is 0 Å². The summed E-state index contributed by atoms with van der Waals surface area (Å²) in [7, 11) is 0. The van der Waals surface area contributed by atoms with Gasteiger partial charge in [-0.05, 0) is 23.8 Å². The van der Waals surface area contributed by atoms with E-state index in [0.717, 1.165) is 22.0 Å². The average molecular weight is 454 g/mol. The van der Waals surface area contributed by atoms with Gasteiger partial charge in [0.2, 0.25) is 5.91 Å². The predicted octanol–water partition coefficient (Wildman–Crippen LogP) is 2.60. The third-order valence-corrected chi connectivity index (χ3v) is 5.85. The van der Waals surface area contributed by atoms with Crippen molar-refractivity contribution in [3.05, 3.63) is 90.4 Å². The van der Waals surface area contributed by atoms with Crippen LogP contribution in [0.4, 0.5) is 0 Å². The molecule has 0 aliphatic carbocycles. The summed E-state index contributed by atoms with van der Waals surface area (Å²) < 4.78 is 0. The highest BCUT2D eigenvalue weighted by atomic mass is 16.2. The molecule has 8 heteroatoms. The number of H-pyrrole nitrogens is 1. The van der Waals surface area contributed by atoms with Crippen LogP contribution in [0.25, 0.3) is 22.0 Å². The fourth-order valence-corrected chi connectivity index (χ4v) is 3.92. The molecule has 3 amide bonds. The van der Waals surface area contributed by atoms with E-state index in [0.29, 0.717) is 24.5 Å². The Kier molecular flexibility index (Phi) is 5.78. The van der Waals surface area contributed by atoms with Gasteiger partial charge in [-0.2, -0.15) is 0 Å². The van der Waals surface area contributed by atoms with E-state index in [9.17, 15) is 14.4 Å². The van der Waals surface area contributed by atoms with Gasteiger partial charge in [0.1, 0.15) is 11.4 Å². The van der Waals surface area contributed by atoms with E-state index in [-0.39, 0.29) is 30.3 Å². The van der Waals surface area contributed by atoms with Crippen molar-refractivity contribution in [3.8, 4) is 11.1 Å². The van der Waals surface area contributed by atoms with Crippen LogP contribution < -0.4 is 10.6 Å². The number of aromatic nitrogens is 2. The lowest BCUT2D eigenvalue weighted by molar-refractivity contribution is -0.134. The number of rotatable bonds is 6. The van der Waals surface area contributed by atoms with E-state index in [2.05, 4.69) is 20.6 Å². The van der Waals surface area contributed by atoms with Crippen LogP contribution in [0.3, 0.4) is 0 Å². The Morgan fingerprint density at radius 2 is 1.68 bits per heavy atom. The number of fused-ring (bicyclic) bond motifs is 1. The Labute approximate surface area is 196 Å². The summed E-state index contributed by atoms with van der Waals surface area (Å²) >= 11 is 0. The molecule has 3 heterocycles. The second-order valence-corrected chi connectivity index (χ2v) is 8.22. The van der Waals surface area contributed by atoms with Crippen molar-refractivity contribution in [1.29, 1.82) is 0 Å². The first kappa shape index (κ1) is 21.4. The van der Waals surface area contributed by atoms with Gasteiger partial charge >= 0.3 is 0 Å². The smallest absolute Gasteiger partial charge is 0.270 e. The van der Waals surface area contributed by atoms with Crippen molar-refractivity contribution in [3.63, 3.8) is 0 Å². The highest BCUT2D eigenvalue weighted by molar-refractivity contribution is 5.99. The average Bonchev–Trinajstić information content (AvgIpc) is 3.29. The second-order valence-electron chi connectivity index (χ2n) is 8.22. The maximum atomic E-state index is 12.5. The topological polar surface area (TPSA) is 107 Å². The van der Waals surface area contributed by atoms with Crippen LogP contribution in [0.15, 0.2) is 79.0 Å². The summed E-state index contributed by atoms with van der Waals surface area (Å²) in [5, 5.41) is 6.48. The van der Waals surface area contributed by atoms with Gasteiger partial charge in [-0.25, -0.2) is 0 Å². The third-order valence-electron chi connectivity index (χ3n) is 5.85. The molecule has 3 N–H and O–H groups in total. The number of carbonyl (C=O) groups excluding carboxylic acids is 3. The van der Waals surface area contributed by atoms with Gasteiger partial charge < -0.3 is 20.5 Å². The standard InChI is InChI=1S/C26H23N5O3/c32-24(14-28-25(33)23-12-18-8-4-5-9-21(18)30-23)31-15-20(16-31)29-26(34)22-11-10-19(13-27-22)17-6-2-1-3-7-17/h1-13,20,30H,14-16H2,(H,28,33)(H,29,34). The molecule has 0 bridgehead atoms. The van der Waals surface area contributed by atoms with Crippen LogP contribution >= 0.6 is 0 Å². The van der Waals surface area contributed by atoms with Gasteiger partial charge in [-0.1, -0.05) is 54.6 Å². The summed E-state index contributed by atoms with van der Waals surface area (Å²) in [6, 6.07) is 22.6. The van der Waals surface area contributed by atoms with Crippen molar-refractivity contribution < 1.29 is 14.4 Å². The molecule has 1 fully saturated rings. The summed E-state index contributed by atoms with van der Waals surface area (Å²) in [6.45, 7) is 0.696. The Morgan fingerprint density at radius 3 is 2.41 bits per heavy atom. The van der Waals surface area contributed by atoms with Crippen molar-refractivity contribution in [1.82, 2.24) is 25.5 Å². The highest BCUT2D eigenvalue weighted by Crippen LogP contribution is 2.18. The fraction of sp³-hybridized carbons (Fsp3) is 0.154. The van der Waals surface area contributed by atoms with E-state index in [4.69, 9.17) is 0 Å². The van der Waals surface area contributed by atoms with Crippen LogP contribution in [-0.4, -0.2) is 58.3 Å². The zero-order valence-corrected chi connectivity index (χ0v) is 18.3. The number of benzene rings is 2. The van der Waals surface area contributed by atoms with Gasteiger partial charge in [-0.15, -0.1) is 0 Å². The lowest BCUT2D eigenvalue weighted by atomic mass is 10.1. The van der Waals surface area contributed by atoms with E-state index >= 15 is 0 Å². The van der Waals surface area contributed by atoms with Crippen molar-refractivity contribution in [2.45, 2.75) is 6.04 Å². The molecule has 0 radical (unpaired) electrons. The number of likely N-dealkylation sites (tertiary alicyclic amines) is 1.